The van der Waals surface area contributed by atoms with Crippen molar-refractivity contribution >= 4 is 5.91 Å². The molecule has 1 spiro atoms. The fourth-order valence-electron chi connectivity index (χ4n) is 3.40. The van der Waals surface area contributed by atoms with Crippen LogP contribution in [0.1, 0.15) is 41.6 Å². The van der Waals surface area contributed by atoms with E-state index in [-0.39, 0.29) is 23.0 Å². The number of carbonyl (C=O) groups is 1. The summed E-state index contributed by atoms with van der Waals surface area (Å²) >= 11 is 0. The molecular formula is C16H18F3NO2. The first kappa shape index (κ1) is 15.3. The average Bonchev–Trinajstić information content (AvgIpc) is 2.52. The van der Waals surface area contributed by atoms with E-state index < -0.39 is 11.7 Å². The summed E-state index contributed by atoms with van der Waals surface area (Å²) in [4.78, 5) is 14.0. The van der Waals surface area contributed by atoms with Crippen LogP contribution in [-0.4, -0.2) is 35.1 Å². The first-order valence-electron chi connectivity index (χ1n) is 7.46. The maximum atomic E-state index is 12.5. The number of likely N-dealkylation sites (tertiary alicyclic amines) is 1. The highest BCUT2D eigenvalue weighted by Crippen LogP contribution is 2.49. The minimum Gasteiger partial charge on any atom is -0.393 e. The molecular weight excluding hydrogens is 295 g/mol. The van der Waals surface area contributed by atoms with Gasteiger partial charge < -0.3 is 10.0 Å². The number of aliphatic hydroxyl groups is 1. The van der Waals surface area contributed by atoms with Crippen molar-refractivity contribution in [2.45, 2.75) is 38.0 Å². The van der Waals surface area contributed by atoms with Gasteiger partial charge >= 0.3 is 6.18 Å². The van der Waals surface area contributed by atoms with Gasteiger partial charge in [-0.1, -0.05) is 0 Å². The van der Waals surface area contributed by atoms with Crippen LogP contribution in [0.5, 0.6) is 0 Å². The number of alkyl halides is 3. The van der Waals surface area contributed by atoms with Crippen molar-refractivity contribution in [1.82, 2.24) is 4.90 Å². The molecule has 1 amide bonds. The van der Waals surface area contributed by atoms with E-state index in [9.17, 15) is 23.1 Å². The molecule has 1 heterocycles. The molecule has 1 atom stereocenters. The standard InChI is InChI=1S/C16H18F3NO2/c17-16(18,19)12-3-1-11(2-4-12)14(22)20-9-7-15(8-10-20)6-5-13(15)21/h1-4,13,21H,5-10H2. The first-order valence-corrected chi connectivity index (χ1v) is 7.46. The van der Waals surface area contributed by atoms with Gasteiger partial charge in [-0.2, -0.15) is 13.2 Å². The summed E-state index contributed by atoms with van der Waals surface area (Å²) in [5.41, 5.74) is -0.506. The topological polar surface area (TPSA) is 40.5 Å². The Labute approximate surface area is 126 Å². The molecule has 0 bridgehead atoms. The van der Waals surface area contributed by atoms with Crippen LogP contribution in [0.15, 0.2) is 24.3 Å². The lowest BCUT2D eigenvalue weighted by Gasteiger charge is -2.51. The molecule has 1 N–H and O–H groups in total. The zero-order chi connectivity index (χ0) is 16.0. The van der Waals surface area contributed by atoms with E-state index in [1.54, 1.807) is 4.90 Å². The molecule has 1 aromatic rings. The van der Waals surface area contributed by atoms with Crippen LogP contribution in [0.25, 0.3) is 0 Å². The molecule has 1 saturated carbocycles. The molecule has 1 aliphatic heterocycles. The van der Waals surface area contributed by atoms with Gasteiger partial charge in [0.1, 0.15) is 0 Å². The van der Waals surface area contributed by atoms with Crippen LogP contribution < -0.4 is 0 Å². The third-order valence-corrected chi connectivity index (χ3v) is 5.13. The lowest BCUT2D eigenvalue weighted by atomic mass is 9.61. The molecule has 1 unspecified atom stereocenters. The summed E-state index contributed by atoms with van der Waals surface area (Å²) in [7, 11) is 0. The SMILES string of the molecule is O=C(c1ccc(C(F)(F)F)cc1)N1CCC2(CCC2O)CC1. The van der Waals surface area contributed by atoms with Gasteiger partial charge in [-0.25, -0.2) is 0 Å². The molecule has 3 nitrogen and oxygen atoms in total. The zero-order valence-corrected chi connectivity index (χ0v) is 12.1. The molecule has 1 saturated heterocycles. The Kier molecular flexibility index (Phi) is 3.67. The van der Waals surface area contributed by atoms with Crippen LogP contribution in [0.2, 0.25) is 0 Å². The summed E-state index contributed by atoms with van der Waals surface area (Å²) in [6.07, 6.45) is -1.31. The number of hydrogen-bond acceptors (Lipinski definition) is 2. The normalized spacial score (nSPS) is 24.2. The van der Waals surface area contributed by atoms with E-state index in [0.717, 1.165) is 37.8 Å². The van der Waals surface area contributed by atoms with Crippen LogP contribution in [0.3, 0.4) is 0 Å². The monoisotopic (exact) mass is 313 g/mol. The van der Waals surface area contributed by atoms with Crippen LogP contribution in [-0.2, 0) is 6.18 Å². The fourth-order valence-corrected chi connectivity index (χ4v) is 3.40. The number of piperidine rings is 1. The van der Waals surface area contributed by atoms with Crippen molar-refractivity contribution in [3.63, 3.8) is 0 Å². The third-order valence-electron chi connectivity index (χ3n) is 5.13. The van der Waals surface area contributed by atoms with Crippen molar-refractivity contribution in [1.29, 1.82) is 0 Å². The summed E-state index contributed by atoms with van der Waals surface area (Å²) < 4.78 is 37.6. The zero-order valence-electron chi connectivity index (χ0n) is 12.1. The Morgan fingerprint density at radius 3 is 2.14 bits per heavy atom. The lowest BCUT2D eigenvalue weighted by Crippen LogP contribution is -2.53. The van der Waals surface area contributed by atoms with Gasteiger partial charge in [-0.15, -0.1) is 0 Å². The highest BCUT2D eigenvalue weighted by Gasteiger charge is 2.47. The van der Waals surface area contributed by atoms with E-state index in [1.165, 1.54) is 12.1 Å². The van der Waals surface area contributed by atoms with Crippen molar-refractivity contribution in [3.8, 4) is 0 Å². The number of benzene rings is 1. The second kappa shape index (κ2) is 5.26. The second-order valence-electron chi connectivity index (χ2n) is 6.28. The van der Waals surface area contributed by atoms with Crippen molar-refractivity contribution in [2.24, 2.45) is 5.41 Å². The van der Waals surface area contributed by atoms with Gasteiger partial charge in [0, 0.05) is 18.7 Å². The molecule has 2 aliphatic rings. The highest BCUT2D eigenvalue weighted by molar-refractivity contribution is 5.94. The number of rotatable bonds is 1. The molecule has 1 aromatic carbocycles. The number of carbonyl (C=O) groups excluding carboxylic acids is 1. The maximum Gasteiger partial charge on any atom is 0.416 e. The minimum atomic E-state index is -4.39. The largest absolute Gasteiger partial charge is 0.416 e. The van der Waals surface area contributed by atoms with Crippen LogP contribution in [0, 0.1) is 5.41 Å². The molecule has 120 valence electrons. The Morgan fingerprint density at radius 1 is 1.14 bits per heavy atom. The van der Waals surface area contributed by atoms with Gasteiger partial charge in [-0.05, 0) is 55.4 Å². The van der Waals surface area contributed by atoms with Crippen LogP contribution in [0.4, 0.5) is 13.2 Å². The fraction of sp³-hybridized carbons (Fsp3) is 0.562. The van der Waals surface area contributed by atoms with Crippen LogP contribution >= 0.6 is 0 Å². The highest BCUT2D eigenvalue weighted by atomic mass is 19.4. The van der Waals surface area contributed by atoms with E-state index in [0.29, 0.717) is 13.1 Å². The second-order valence-corrected chi connectivity index (χ2v) is 6.28. The average molecular weight is 313 g/mol. The maximum absolute atomic E-state index is 12.5. The van der Waals surface area contributed by atoms with Gasteiger partial charge in [0.05, 0.1) is 11.7 Å². The molecule has 6 heteroatoms. The summed E-state index contributed by atoms with van der Waals surface area (Å²) in [5.74, 6) is -0.239. The molecule has 22 heavy (non-hydrogen) atoms. The molecule has 0 radical (unpaired) electrons. The predicted octanol–water partition coefficient (Wildman–Crippen LogP) is 3.08. The third kappa shape index (κ3) is 2.60. The smallest absolute Gasteiger partial charge is 0.393 e. The van der Waals surface area contributed by atoms with E-state index in [4.69, 9.17) is 0 Å². The molecule has 0 aromatic heterocycles. The number of amides is 1. The Hall–Kier alpha value is -1.56. The summed E-state index contributed by atoms with van der Waals surface area (Å²) in [6.45, 7) is 1.10. The van der Waals surface area contributed by atoms with Gasteiger partial charge in [0.15, 0.2) is 0 Å². The predicted molar refractivity (Wildman–Crippen MR) is 74.3 cm³/mol. The Morgan fingerprint density at radius 2 is 1.73 bits per heavy atom. The number of hydrogen-bond donors (Lipinski definition) is 1. The first-order chi connectivity index (χ1) is 10.3. The minimum absolute atomic E-state index is 0.0308. The van der Waals surface area contributed by atoms with Crippen molar-refractivity contribution < 1.29 is 23.1 Å². The van der Waals surface area contributed by atoms with Crippen molar-refractivity contribution in [3.05, 3.63) is 35.4 Å². The quantitative estimate of drug-likeness (QED) is 0.865. The van der Waals surface area contributed by atoms with E-state index in [1.807, 2.05) is 0 Å². The van der Waals surface area contributed by atoms with E-state index >= 15 is 0 Å². The Bertz CT molecular complexity index is 560. The van der Waals surface area contributed by atoms with Crippen molar-refractivity contribution in [2.75, 3.05) is 13.1 Å². The Balaban J connectivity index is 1.65. The number of halogens is 3. The molecule has 1 aliphatic carbocycles. The summed E-state index contributed by atoms with van der Waals surface area (Å²) in [5, 5.41) is 9.86. The molecule has 2 fully saturated rings. The van der Waals surface area contributed by atoms with Gasteiger partial charge in [-0.3, -0.25) is 4.79 Å². The number of aliphatic hydroxyl groups excluding tert-OH is 1. The summed E-state index contributed by atoms with van der Waals surface area (Å²) in [6, 6.07) is 4.34. The van der Waals surface area contributed by atoms with Gasteiger partial charge in [0.25, 0.3) is 5.91 Å². The lowest BCUT2D eigenvalue weighted by molar-refractivity contribution is -0.137. The molecule has 3 rings (SSSR count). The van der Waals surface area contributed by atoms with E-state index in [2.05, 4.69) is 0 Å². The van der Waals surface area contributed by atoms with Gasteiger partial charge in [0.2, 0.25) is 0 Å². The number of nitrogens with zero attached hydrogens (tertiary/aromatic N) is 1.